The van der Waals surface area contributed by atoms with Gasteiger partial charge in [-0.05, 0) is 43.2 Å². The Labute approximate surface area is 191 Å². The third-order valence-electron chi connectivity index (χ3n) is 5.48. The lowest BCUT2D eigenvalue weighted by Gasteiger charge is -2.22. The van der Waals surface area contributed by atoms with E-state index in [2.05, 4.69) is 15.3 Å². The summed E-state index contributed by atoms with van der Waals surface area (Å²) in [6.07, 6.45) is 2.59. The molecule has 2 amide bonds. The summed E-state index contributed by atoms with van der Waals surface area (Å²) in [6, 6.07) is 11.7. The van der Waals surface area contributed by atoms with E-state index in [4.69, 9.17) is 9.47 Å². The lowest BCUT2D eigenvalue weighted by Crippen LogP contribution is -2.39. The number of benzene rings is 2. The molecule has 174 valence electrons. The number of nitrogens with zero attached hydrogens (tertiary/aromatic N) is 2. The number of rotatable bonds is 11. The van der Waals surface area contributed by atoms with Crippen LogP contribution in [-0.4, -0.2) is 59.5 Å². The summed E-state index contributed by atoms with van der Waals surface area (Å²) in [4.78, 5) is 34.2. The number of hydrogen-bond acceptors (Lipinski definition) is 5. The molecule has 1 fully saturated rings. The molecule has 1 aliphatic carbocycles. The molecule has 0 bridgehead atoms. The Hall–Kier alpha value is -3.62. The topological polar surface area (TPSA) is 96.6 Å². The number of carbonyl (C=O) groups is 2. The van der Waals surface area contributed by atoms with Crippen molar-refractivity contribution in [3.63, 3.8) is 0 Å². The Morgan fingerprint density at radius 2 is 2.00 bits per heavy atom. The van der Waals surface area contributed by atoms with E-state index in [0.29, 0.717) is 47.9 Å². The van der Waals surface area contributed by atoms with Crippen LogP contribution in [0.25, 0.3) is 11.0 Å². The molecule has 0 aliphatic heterocycles. The average Bonchev–Trinajstić information content (AvgIpc) is 3.57. The number of nitrogens with one attached hydrogen (secondary N) is 2. The third-order valence-corrected chi connectivity index (χ3v) is 5.48. The Morgan fingerprint density at radius 3 is 2.76 bits per heavy atom. The largest absolute Gasteiger partial charge is 0.493 e. The zero-order chi connectivity index (χ0) is 23.2. The smallest absolute Gasteiger partial charge is 0.260 e. The Kier molecular flexibility index (Phi) is 7.07. The van der Waals surface area contributed by atoms with E-state index in [9.17, 15) is 14.0 Å². The van der Waals surface area contributed by atoms with Crippen LogP contribution in [0.5, 0.6) is 11.5 Å². The van der Waals surface area contributed by atoms with Crippen LogP contribution in [0.2, 0.25) is 0 Å². The molecule has 0 atom stereocenters. The predicted octanol–water partition coefficient (Wildman–Crippen LogP) is 2.83. The first-order valence-electron chi connectivity index (χ1n) is 11.0. The number of carbonyl (C=O) groups excluding carboxylic acids is 2. The van der Waals surface area contributed by atoms with Gasteiger partial charge < -0.3 is 24.7 Å². The zero-order valence-electron chi connectivity index (χ0n) is 18.5. The normalized spacial score (nSPS) is 13.0. The van der Waals surface area contributed by atoms with Crippen LogP contribution in [0.15, 0.2) is 42.5 Å². The first-order valence-corrected chi connectivity index (χ1v) is 11.0. The summed E-state index contributed by atoms with van der Waals surface area (Å²) >= 11 is 0. The van der Waals surface area contributed by atoms with E-state index in [-0.39, 0.29) is 36.7 Å². The number of methoxy groups -OCH3 is 1. The quantitative estimate of drug-likeness (QED) is 0.465. The highest BCUT2D eigenvalue weighted by Gasteiger charge is 2.32. The van der Waals surface area contributed by atoms with Gasteiger partial charge in [0.1, 0.15) is 11.6 Å². The highest BCUT2D eigenvalue weighted by atomic mass is 19.1. The summed E-state index contributed by atoms with van der Waals surface area (Å²) in [5.41, 5.74) is 1.32. The van der Waals surface area contributed by atoms with Crippen LogP contribution < -0.4 is 14.8 Å². The first-order chi connectivity index (χ1) is 16.0. The van der Waals surface area contributed by atoms with E-state index in [1.165, 1.54) is 12.1 Å². The van der Waals surface area contributed by atoms with Crippen LogP contribution in [0.1, 0.15) is 25.1 Å². The molecule has 0 saturated heterocycles. The van der Waals surface area contributed by atoms with Crippen molar-refractivity contribution in [1.29, 1.82) is 0 Å². The number of hydrogen-bond donors (Lipinski definition) is 2. The maximum Gasteiger partial charge on any atom is 0.260 e. The van der Waals surface area contributed by atoms with Crippen molar-refractivity contribution in [2.24, 2.45) is 0 Å². The molecular formula is C24H27FN4O4. The van der Waals surface area contributed by atoms with Gasteiger partial charge in [0.2, 0.25) is 5.91 Å². The molecule has 3 aromatic rings. The number of H-pyrrole nitrogens is 1. The minimum atomic E-state index is -0.325. The SMILES string of the molecule is COc1ccccc1OCC(=O)N(CCC(=O)NCCc1nc2ccc(F)cc2[nH]1)C1CC1. The monoisotopic (exact) mass is 454 g/mol. The van der Waals surface area contributed by atoms with Crippen molar-refractivity contribution >= 4 is 22.8 Å². The van der Waals surface area contributed by atoms with Gasteiger partial charge in [-0.1, -0.05) is 12.1 Å². The molecule has 2 aromatic carbocycles. The minimum absolute atomic E-state index is 0.106. The number of amides is 2. The molecule has 0 spiro atoms. The first kappa shape index (κ1) is 22.6. The fourth-order valence-electron chi connectivity index (χ4n) is 3.64. The van der Waals surface area contributed by atoms with Crippen molar-refractivity contribution in [1.82, 2.24) is 20.2 Å². The van der Waals surface area contributed by atoms with E-state index < -0.39 is 0 Å². The molecule has 9 heteroatoms. The minimum Gasteiger partial charge on any atom is -0.493 e. The lowest BCUT2D eigenvalue weighted by molar-refractivity contribution is -0.134. The van der Waals surface area contributed by atoms with Gasteiger partial charge in [0.25, 0.3) is 5.91 Å². The second-order valence-corrected chi connectivity index (χ2v) is 7.95. The van der Waals surface area contributed by atoms with Crippen molar-refractivity contribution in [2.45, 2.75) is 31.7 Å². The van der Waals surface area contributed by atoms with Gasteiger partial charge in [-0.15, -0.1) is 0 Å². The van der Waals surface area contributed by atoms with Crippen molar-refractivity contribution in [2.75, 3.05) is 26.8 Å². The molecule has 1 heterocycles. The Morgan fingerprint density at radius 1 is 1.21 bits per heavy atom. The summed E-state index contributed by atoms with van der Waals surface area (Å²) in [7, 11) is 1.55. The van der Waals surface area contributed by atoms with Gasteiger partial charge in [-0.25, -0.2) is 9.37 Å². The second-order valence-electron chi connectivity index (χ2n) is 7.95. The zero-order valence-corrected chi connectivity index (χ0v) is 18.5. The standard InChI is InChI=1S/C24H27FN4O4/c1-32-20-4-2-3-5-21(20)33-15-24(31)29(17-7-8-17)13-11-23(30)26-12-10-22-27-18-9-6-16(25)14-19(18)28-22/h2-6,9,14,17H,7-8,10-13,15H2,1H3,(H,26,30)(H,27,28). The Balaban J connectivity index is 1.22. The highest BCUT2D eigenvalue weighted by molar-refractivity contribution is 5.80. The maximum atomic E-state index is 13.3. The molecule has 1 saturated carbocycles. The summed E-state index contributed by atoms with van der Waals surface area (Å²) < 4.78 is 24.2. The van der Waals surface area contributed by atoms with Gasteiger partial charge in [0, 0.05) is 32.0 Å². The molecule has 1 aromatic heterocycles. The fourth-order valence-corrected chi connectivity index (χ4v) is 3.64. The molecule has 4 rings (SSSR count). The Bertz CT molecular complexity index is 1130. The van der Waals surface area contributed by atoms with Crippen LogP contribution in [0.3, 0.4) is 0 Å². The molecular weight excluding hydrogens is 427 g/mol. The van der Waals surface area contributed by atoms with Crippen LogP contribution in [0.4, 0.5) is 4.39 Å². The van der Waals surface area contributed by atoms with E-state index in [0.717, 1.165) is 12.8 Å². The summed E-state index contributed by atoms with van der Waals surface area (Å²) in [6.45, 7) is 0.634. The van der Waals surface area contributed by atoms with Gasteiger partial charge >= 0.3 is 0 Å². The van der Waals surface area contributed by atoms with Gasteiger partial charge in [-0.3, -0.25) is 9.59 Å². The lowest BCUT2D eigenvalue weighted by atomic mass is 10.3. The predicted molar refractivity (Wildman–Crippen MR) is 121 cm³/mol. The van der Waals surface area contributed by atoms with Crippen molar-refractivity contribution in [3.8, 4) is 11.5 Å². The number of ether oxygens (including phenoxy) is 2. The summed E-state index contributed by atoms with van der Waals surface area (Å²) in [5, 5.41) is 2.85. The molecule has 0 unspecified atom stereocenters. The van der Waals surface area contributed by atoms with E-state index in [1.54, 1.807) is 30.2 Å². The molecule has 0 radical (unpaired) electrons. The van der Waals surface area contributed by atoms with Crippen LogP contribution in [0, 0.1) is 5.82 Å². The van der Waals surface area contributed by atoms with E-state index in [1.807, 2.05) is 12.1 Å². The number of para-hydroxylation sites is 2. The number of fused-ring (bicyclic) bond motifs is 1. The van der Waals surface area contributed by atoms with E-state index >= 15 is 0 Å². The second kappa shape index (κ2) is 10.3. The van der Waals surface area contributed by atoms with Gasteiger partial charge in [-0.2, -0.15) is 0 Å². The maximum absolute atomic E-state index is 13.3. The van der Waals surface area contributed by atoms with Crippen LogP contribution in [-0.2, 0) is 16.0 Å². The highest BCUT2D eigenvalue weighted by Crippen LogP contribution is 2.28. The number of aromatic amines is 1. The fraction of sp³-hybridized carbons (Fsp3) is 0.375. The van der Waals surface area contributed by atoms with Gasteiger partial charge in [0.15, 0.2) is 18.1 Å². The number of aromatic nitrogens is 2. The number of halogens is 1. The van der Waals surface area contributed by atoms with Crippen LogP contribution >= 0.6 is 0 Å². The average molecular weight is 455 g/mol. The van der Waals surface area contributed by atoms with Crippen molar-refractivity contribution < 1.29 is 23.5 Å². The van der Waals surface area contributed by atoms with Gasteiger partial charge in [0.05, 0.1) is 18.1 Å². The molecule has 2 N–H and O–H groups in total. The molecule has 33 heavy (non-hydrogen) atoms. The summed E-state index contributed by atoms with van der Waals surface area (Å²) in [5.74, 6) is 1.15. The molecule has 1 aliphatic rings. The number of imidazole rings is 1. The van der Waals surface area contributed by atoms with Crippen molar-refractivity contribution in [3.05, 3.63) is 54.1 Å². The third kappa shape index (κ3) is 6.00. The molecule has 8 nitrogen and oxygen atoms in total.